The Bertz CT molecular complexity index is 669. The second kappa shape index (κ2) is 5.58. The van der Waals surface area contributed by atoms with E-state index in [1.165, 1.54) is 0 Å². The van der Waals surface area contributed by atoms with Crippen LogP contribution in [0.1, 0.15) is 29.7 Å². The summed E-state index contributed by atoms with van der Waals surface area (Å²) in [6.07, 6.45) is 0.214. The first-order chi connectivity index (χ1) is 10.1. The number of halogens is 1. The van der Waals surface area contributed by atoms with Gasteiger partial charge in [0.15, 0.2) is 0 Å². The molecule has 0 aliphatic carbocycles. The minimum atomic E-state index is -0.802. The van der Waals surface area contributed by atoms with Crippen LogP contribution in [-0.2, 0) is 6.42 Å². The largest absolute Gasteiger partial charge is 0.496 e. The molecule has 0 saturated carbocycles. The number of aliphatic hydroxyl groups excluding tert-OH is 1. The maximum Gasteiger partial charge on any atom is 0.125 e. The number of hydrogen-bond donors (Lipinski definition) is 1. The third kappa shape index (κ3) is 2.71. The van der Waals surface area contributed by atoms with Crippen LogP contribution in [0, 0.1) is 0 Å². The summed E-state index contributed by atoms with van der Waals surface area (Å²) in [5.41, 5.74) is 2.53. The number of hydrogen-bond acceptors (Lipinski definition) is 3. The predicted octanol–water partition coefficient (Wildman–Crippen LogP) is 3.75. The fraction of sp³-hybridized carbons (Fsp3) is 0.294. The van der Waals surface area contributed by atoms with Crippen molar-refractivity contribution in [3.63, 3.8) is 0 Å². The molecule has 0 saturated heterocycles. The first-order valence-electron chi connectivity index (χ1n) is 6.89. The van der Waals surface area contributed by atoms with E-state index in [0.717, 1.165) is 23.3 Å². The molecule has 3 nitrogen and oxygen atoms in total. The van der Waals surface area contributed by atoms with Crippen molar-refractivity contribution >= 4 is 11.6 Å². The number of rotatable bonds is 3. The van der Waals surface area contributed by atoms with Crippen LogP contribution >= 0.6 is 11.6 Å². The van der Waals surface area contributed by atoms with Gasteiger partial charge in [-0.25, -0.2) is 0 Å². The second-order valence-electron chi connectivity index (χ2n) is 5.29. The first-order valence-corrected chi connectivity index (χ1v) is 7.27. The molecule has 3 rings (SSSR count). The smallest absolute Gasteiger partial charge is 0.125 e. The summed E-state index contributed by atoms with van der Waals surface area (Å²) in [6, 6.07) is 11.0. The van der Waals surface area contributed by atoms with Gasteiger partial charge in [0.2, 0.25) is 0 Å². The number of ether oxygens (including phenoxy) is 2. The van der Waals surface area contributed by atoms with Crippen LogP contribution in [0.25, 0.3) is 0 Å². The average molecular weight is 305 g/mol. The van der Waals surface area contributed by atoms with Crippen molar-refractivity contribution in [2.75, 3.05) is 7.11 Å². The van der Waals surface area contributed by atoms with Gasteiger partial charge < -0.3 is 14.6 Å². The minimum absolute atomic E-state index is 0.156. The Balaban J connectivity index is 2.03. The van der Waals surface area contributed by atoms with E-state index in [2.05, 4.69) is 0 Å². The number of methoxy groups -OCH3 is 1. The molecule has 21 heavy (non-hydrogen) atoms. The van der Waals surface area contributed by atoms with Crippen LogP contribution in [0.2, 0.25) is 5.02 Å². The molecule has 0 spiro atoms. The minimum Gasteiger partial charge on any atom is -0.496 e. The fourth-order valence-corrected chi connectivity index (χ4v) is 2.90. The van der Waals surface area contributed by atoms with Gasteiger partial charge in [-0.3, -0.25) is 0 Å². The maximum absolute atomic E-state index is 10.6. The lowest BCUT2D eigenvalue weighted by atomic mass is 9.98. The quantitative estimate of drug-likeness (QED) is 0.938. The van der Waals surface area contributed by atoms with Gasteiger partial charge in [0, 0.05) is 22.6 Å². The molecule has 2 unspecified atom stereocenters. The number of fused-ring (bicyclic) bond motifs is 1. The lowest BCUT2D eigenvalue weighted by Gasteiger charge is -2.17. The van der Waals surface area contributed by atoms with E-state index >= 15 is 0 Å². The third-order valence-corrected chi connectivity index (χ3v) is 3.94. The van der Waals surface area contributed by atoms with Crippen molar-refractivity contribution in [1.29, 1.82) is 0 Å². The van der Waals surface area contributed by atoms with Crippen LogP contribution in [0.5, 0.6) is 11.5 Å². The SMILES string of the molecule is COc1cc2c(cc1C(O)c1cccc(Cl)c1)OC(C)C2. The molecule has 1 N–H and O–H groups in total. The lowest BCUT2D eigenvalue weighted by molar-refractivity contribution is 0.213. The number of benzene rings is 2. The van der Waals surface area contributed by atoms with Gasteiger partial charge in [-0.1, -0.05) is 23.7 Å². The Morgan fingerprint density at radius 2 is 2.14 bits per heavy atom. The highest BCUT2D eigenvalue weighted by atomic mass is 35.5. The highest BCUT2D eigenvalue weighted by molar-refractivity contribution is 6.30. The summed E-state index contributed by atoms with van der Waals surface area (Å²) >= 11 is 6.00. The average Bonchev–Trinajstić information content (AvgIpc) is 2.84. The number of aliphatic hydroxyl groups is 1. The highest BCUT2D eigenvalue weighted by Gasteiger charge is 2.24. The monoisotopic (exact) mass is 304 g/mol. The fourth-order valence-electron chi connectivity index (χ4n) is 2.70. The van der Waals surface area contributed by atoms with Crippen LogP contribution < -0.4 is 9.47 Å². The maximum atomic E-state index is 10.6. The van der Waals surface area contributed by atoms with Crippen LogP contribution in [-0.4, -0.2) is 18.3 Å². The van der Waals surface area contributed by atoms with E-state index < -0.39 is 6.10 Å². The second-order valence-corrected chi connectivity index (χ2v) is 5.73. The van der Waals surface area contributed by atoms with Crippen LogP contribution in [0.15, 0.2) is 36.4 Å². The molecule has 0 radical (unpaired) electrons. The summed E-state index contributed by atoms with van der Waals surface area (Å²) in [7, 11) is 1.61. The third-order valence-electron chi connectivity index (χ3n) is 3.71. The molecule has 1 aliphatic rings. The molecule has 1 aliphatic heterocycles. The molecule has 110 valence electrons. The lowest BCUT2D eigenvalue weighted by Crippen LogP contribution is -2.05. The Morgan fingerprint density at radius 3 is 2.86 bits per heavy atom. The molecule has 0 amide bonds. The molecule has 2 atom stereocenters. The van der Waals surface area contributed by atoms with Crippen LogP contribution in [0.3, 0.4) is 0 Å². The summed E-state index contributed by atoms with van der Waals surface area (Å²) < 4.78 is 11.2. The van der Waals surface area contributed by atoms with Crippen LogP contribution in [0.4, 0.5) is 0 Å². The van der Waals surface area contributed by atoms with E-state index in [4.69, 9.17) is 21.1 Å². The van der Waals surface area contributed by atoms with Crippen molar-refractivity contribution in [1.82, 2.24) is 0 Å². The summed E-state index contributed by atoms with van der Waals surface area (Å²) in [6.45, 7) is 2.03. The molecule has 1 heterocycles. The molecule has 0 fully saturated rings. The summed E-state index contributed by atoms with van der Waals surface area (Å²) in [5.74, 6) is 1.48. The highest BCUT2D eigenvalue weighted by Crippen LogP contribution is 2.39. The zero-order valence-corrected chi connectivity index (χ0v) is 12.7. The van der Waals surface area contributed by atoms with E-state index in [1.54, 1.807) is 19.2 Å². The van der Waals surface area contributed by atoms with Gasteiger partial charge in [0.25, 0.3) is 0 Å². The Morgan fingerprint density at radius 1 is 1.33 bits per heavy atom. The molecule has 4 heteroatoms. The standard InChI is InChI=1S/C17H17ClO3/c1-10-6-12-8-16(20-2)14(9-15(12)21-10)17(19)11-4-3-5-13(18)7-11/h3-5,7-10,17,19H,6H2,1-2H3. The van der Waals surface area contributed by atoms with Crippen molar-refractivity contribution in [2.45, 2.75) is 25.6 Å². The summed E-state index contributed by atoms with van der Waals surface area (Å²) in [5, 5.41) is 11.2. The molecule has 2 aromatic rings. The Hall–Kier alpha value is -1.71. The van der Waals surface area contributed by atoms with Crippen molar-refractivity contribution < 1.29 is 14.6 Å². The first kappa shape index (κ1) is 14.2. The molecular weight excluding hydrogens is 288 g/mol. The predicted molar refractivity (Wildman–Crippen MR) is 82.3 cm³/mol. The zero-order valence-electron chi connectivity index (χ0n) is 12.0. The molecule has 0 aromatic heterocycles. The molecule has 2 aromatic carbocycles. The zero-order chi connectivity index (χ0) is 15.0. The van der Waals surface area contributed by atoms with Gasteiger partial charge in [-0.2, -0.15) is 0 Å². The van der Waals surface area contributed by atoms with Crippen molar-refractivity contribution in [3.05, 3.63) is 58.1 Å². The van der Waals surface area contributed by atoms with Gasteiger partial charge in [0.05, 0.1) is 7.11 Å². The van der Waals surface area contributed by atoms with E-state index in [0.29, 0.717) is 16.3 Å². The Labute approximate surface area is 129 Å². The van der Waals surface area contributed by atoms with E-state index in [-0.39, 0.29) is 6.10 Å². The topological polar surface area (TPSA) is 38.7 Å². The Kier molecular flexibility index (Phi) is 3.79. The summed E-state index contributed by atoms with van der Waals surface area (Å²) in [4.78, 5) is 0. The van der Waals surface area contributed by atoms with Gasteiger partial charge in [-0.05, 0) is 36.8 Å². The molecular formula is C17H17ClO3. The van der Waals surface area contributed by atoms with E-state index in [1.807, 2.05) is 31.2 Å². The van der Waals surface area contributed by atoms with Gasteiger partial charge >= 0.3 is 0 Å². The van der Waals surface area contributed by atoms with Gasteiger partial charge in [-0.15, -0.1) is 0 Å². The van der Waals surface area contributed by atoms with Crippen molar-refractivity contribution in [2.24, 2.45) is 0 Å². The van der Waals surface area contributed by atoms with Crippen molar-refractivity contribution in [3.8, 4) is 11.5 Å². The molecule has 0 bridgehead atoms. The normalized spacial score (nSPS) is 18.0. The van der Waals surface area contributed by atoms with E-state index in [9.17, 15) is 5.11 Å². The van der Waals surface area contributed by atoms with Gasteiger partial charge in [0.1, 0.15) is 23.7 Å².